The Morgan fingerprint density at radius 2 is 1.88 bits per heavy atom. The lowest BCUT2D eigenvalue weighted by Crippen LogP contribution is -2.22. The molecule has 6 heteroatoms. The van der Waals surface area contributed by atoms with E-state index in [-0.39, 0.29) is 0 Å². The van der Waals surface area contributed by atoms with Gasteiger partial charge >= 0.3 is 0 Å². The number of anilines is 3. The van der Waals surface area contributed by atoms with Crippen LogP contribution < -0.4 is 16.0 Å². The summed E-state index contributed by atoms with van der Waals surface area (Å²) in [6.45, 7) is 2.04. The summed E-state index contributed by atoms with van der Waals surface area (Å²) in [5.74, 6) is 1.64. The number of nitrogens with zero attached hydrogens (tertiary/aromatic N) is 4. The number of nitrogens with one attached hydrogen (secondary N) is 1. The normalized spacial score (nSPS) is 20.1. The van der Waals surface area contributed by atoms with Crippen LogP contribution in [0, 0.1) is 0 Å². The zero-order valence-corrected chi connectivity index (χ0v) is 9.19. The van der Waals surface area contributed by atoms with E-state index < -0.39 is 0 Å². The van der Waals surface area contributed by atoms with Crippen LogP contribution in [-0.2, 0) is 0 Å². The van der Waals surface area contributed by atoms with Gasteiger partial charge in [-0.2, -0.15) is 15.0 Å². The number of hydrogen-bond donors (Lipinski definition) is 2. The molecule has 86 valence electrons. The molecule has 1 aliphatic heterocycles. The van der Waals surface area contributed by atoms with Gasteiger partial charge in [-0.15, -0.1) is 0 Å². The Balaban J connectivity index is 1.82. The molecule has 1 saturated heterocycles. The molecule has 0 aromatic carbocycles. The molecule has 0 atom stereocenters. The fourth-order valence-electron chi connectivity index (χ4n) is 1.91. The summed E-state index contributed by atoms with van der Waals surface area (Å²) in [5, 5.41) is 3.25. The standard InChI is InChI=1S/C10H16N6/c11-8-13-9(12-7-3-4-7)15-10(14-8)16-5-1-2-6-16/h7H,1-6H2,(H3,11,12,13,14,15). The van der Waals surface area contributed by atoms with Gasteiger partial charge in [-0.3, -0.25) is 0 Å². The maximum Gasteiger partial charge on any atom is 0.231 e. The second-order valence-electron chi connectivity index (χ2n) is 4.43. The molecule has 0 radical (unpaired) electrons. The smallest absolute Gasteiger partial charge is 0.231 e. The van der Waals surface area contributed by atoms with Gasteiger partial charge in [0.25, 0.3) is 0 Å². The van der Waals surface area contributed by atoms with Crippen molar-refractivity contribution < 1.29 is 0 Å². The molecule has 1 aromatic heterocycles. The average molecular weight is 220 g/mol. The Morgan fingerprint density at radius 1 is 1.12 bits per heavy atom. The number of rotatable bonds is 3. The third-order valence-corrected chi connectivity index (χ3v) is 2.94. The lowest BCUT2D eigenvalue weighted by molar-refractivity contribution is 0.881. The fraction of sp³-hybridized carbons (Fsp3) is 0.700. The first-order valence-electron chi connectivity index (χ1n) is 5.84. The van der Waals surface area contributed by atoms with Crippen molar-refractivity contribution in [1.82, 2.24) is 15.0 Å². The van der Waals surface area contributed by atoms with E-state index in [0.717, 1.165) is 13.1 Å². The predicted octanol–water partition coefficient (Wildman–Crippen LogP) is 0.628. The van der Waals surface area contributed by atoms with Gasteiger partial charge in [-0.25, -0.2) is 0 Å². The van der Waals surface area contributed by atoms with Crippen molar-refractivity contribution in [3.63, 3.8) is 0 Å². The van der Waals surface area contributed by atoms with Gasteiger partial charge in [0, 0.05) is 19.1 Å². The minimum Gasteiger partial charge on any atom is -0.368 e. The molecule has 0 unspecified atom stereocenters. The van der Waals surface area contributed by atoms with Gasteiger partial charge in [0.05, 0.1) is 0 Å². The Labute approximate surface area is 94.3 Å². The highest BCUT2D eigenvalue weighted by Crippen LogP contribution is 2.24. The Morgan fingerprint density at radius 3 is 2.56 bits per heavy atom. The largest absolute Gasteiger partial charge is 0.368 e. The lowest BCUT2D eigenvalue weighted by atomic mass is 10.4. The van der Waals surface area contributed by atoms with Gasteiger partial charge in [0.2, 0.25) is 17.8 Å². The zero-order chi connectivity index (χ0) is 11.0. The molecule has 6 nitrogen and oxygen atoms in total. The SMILES string of the molecule is Nc1nc(NC2CC2)nc(N2CCCC2)n1. The number of nitrogens with two attached hydrogens (primary N) is 1. The molecule has 0 spiro atoms. The molecule has 0 bridgehead atoms. The van der Waals surface area contributed by atoms with Gasteiger partial charge in [0.15, 0.2) is 0 Å². The van der Waals surface area contributed by atoms with Gasteiger partial charge in [-0.1, -0.05) is 0 Å². The van der Waals surface area contributed by atoms with Gasteiger partial charge < -0.3 is 16.0 Å². The summed E-state index contributed by atoms with van der Waals surface area (Å²) in [7, 11) is 0. The van der Waals surface area contributed by atoms with Crippen molar-refractivity contribution in [3.8, 4) is 0 Å². The van der Waals surface area contributed by atoms with E-state index in [4.69, 9.17) is 5.73 Å². The highest BCUT2D eigenvalue weighted by molar-refractivity contribution is 5.43. The summed E-state index contributed by atoms with van der Waals surface area (Å²) in [6, 6.07) is 0.535. The van der Waals surface area contributed by atoms with E-state index in [9.17, 15) is 0 Å². The van der Waals surface area contributed by atoms with Crippen molar-refractivity contribution in [2.75, 3.05) is 29.0 Å². The third-order valence-electron chi connectivity index (χ3n) is 2.94. The topological polar surface area (TPSA) is 80.0 Å². The molecular formula is C10H16N6. The number of nitrogen functional groups attached to an aromatic ring is 1. The van der Waals surface area contributed by atoms with Crippen LogP contribution in [0.4, 0.5) is 17.8 Å². The summed E-state index contributed by atoms with van der Waals surface area (Å²) < 4.78 is 0. The second kappa shape index (κ2) is 3.77. The van der Waals surface area contributed by atoms with Crippen LogP contribution in [0.2, 0.25) is 0 Å². The van der Waals surface area contributed by atoms with E-state index in [0.29, 0.717) is 23.9 Å². The molecule has 3 N–H and O–H groups in total. The highest BCUT2D eigenvalue weighted by atomic mass is 15.3. The first kappa shape index (κ1) is 9.62. The summed E-state index contributed by atoms with van der Waals surface area (Å²) in [6.07, 6.45) is 4.81. The predicted molar refractivity (Wildman–Crippen MR) is 62.3 cm³/mol. The van der Waals surface area contributed by atoms with E-state index in [2.05, 4.69) is 25.2 Å². The maximum absolute atomic E-state index is 5.69. The molecule has 3 rings (SSSR count). The summed E-state index contributed by atoms with van der Waals surface area (Å²) >= 11 is 0. The fourth-order valence-corrected chi connectivity index (χ4v) is 1.91. The zero-order valence-electron chi connectivity index (χ0n) is 9.19. The first-order chi connectivity index (χ1) is 7.81. The molecule has 0 amide bonds. The Hall–Kier alpha value is -1.59. The van der Waals surface area contributed by atoms with Crippen LogP contribution in [0.25, 0.3) is 0 Å². The molecule has 16 heavy (non-hydrogen) atoms. The van der Waals surface area contributed by atoms with E-state index in [1.165, 1.54) is 25.7 Å². The van der Waals surface area contributed by atoms with Crippen LogP contribution in [0.1, 0.15) is 25.7 Å². The number of hydrogen-bond acceptors (Lipinski definition) is 6. The number of aromatic nitrogens is 3. The van der Waals surface area contributed by atoms with Gasteiger partial charge in [0.1, 0.15) is 0 Å². The van der Waals surface area contributed by atoms with Crippen LogP contribution in [-0.4, -0.2) is 34.1 Å². The summed E-state index contributed by atoms with van der Waals surface area (Å²) in [4.78, 5) is 14.9. The van der Waals surface area contributed by atoms with Crippen molar-refractivity contribution >= 4 is 17.8 Å². The van der Waals surface area contributed by atoms with Crippen LogP contribution >= 0.6 is 0 Å². The Bertz CT molecular complexity index is 383. The summed E-state index contributed by atoms with van der Waals surface area (Å²) in [5.41, 5.74) is 5.69. The molecule has 2 heterocycles. The van der Waals surface area contributed by atoms with Crippen LogP contribution in [0.3, 0.4) is 0 Å². The maximum atomic E-state index is 5.69. The molecule has 2 fully saturated rings. The van der Waals surface area contributed by atoms with Crippen molar-refractivity contribution in [2.24, 2.45) is 0 Å². The van der Waals surface area contributed by atoms with Gasteiger partial charge in [-0.05, 0) is 25.7 Å². The van der Waals surface area contributed by atoms with E-state index in [1.807, 2.05) is 0 Å². The minimum atomic E-state index is 0.306. The van der Waals surface area contributed by atoms with E-state index in [1.54, 1.807) is 0 Å². The molecule has 1 aliphatic carbocycles. The van der Waals surface area contributed by atoms with Crippen LogP contribution in [0.5, 0.6) is 0 Å². The molecule has 2 aliphatic rings. The Kier molecular flexibility index (Phi) is 2.27. The van der Waals surface area contributed by atoms with E-state index >= 15 is 0 Å². The first-order valence-corrected chi connectivity index (χ1v) is 5.84. The van der Waals surface area contributed by atoms with Crippen molar-refractivity contribution in [3.05, 3.63) is 0 Å². The quantitative estimate of drug-likeness (QED) is 0.777. The molecule has 1 saturated carbocycles. The minimum absolute atomic E-state index is 0.306. The van der Waals surface area contributed by atoms with Crippen molar-refractivity contribution in [1.29, 1.82) is 0 Å². The average Bonchev–Trinajstić information content (AvgIpc) is 2.90. The molecular weight excluding hydrogens is 204 g/mol. The van der Waals surface area contributed by atoms with Crippen molar-refractivity contribution in [2.45, 2.75) is 31.7 Å². The lowest BCUT2D eigenvalue weighted by Gasteiger charge is -2.15. The third kappa shape index (κ3) is 2.00. The van der Waals surface area contributed by atoms with Crippen LogP contribution in [0.15, 0.2) is 0 Å². The second-order valence-corrected chi connectivity index (χ2v) is 4.43. The highest BCUT2D eigenvalue weighted by Gasteiger charge is 2.23. The monoisotopic (exact) mass is 220 g/mol. The molecule has 1 aromatic rings.